The van der Waals surface area contributed by atoms with Gasteiger partial charge in [-0.05, 0) is 59.7 Å². The number of benzene rings is 2. The van der Waals surface area contributed by atoms with Gasteiger partial charge in [0.2, 0.25) is 0 Å². The minimum absolute atomic E-state index is 0.191. The second kappa shape index (κ2) is 9.04. The van der Waals surface area contributed by atoms with Gasteiger partial charge in [0.15, 0.2) is 0 Å². The summed E-state index contributed by atoms with van der Waals surface area (Å²) in [5, 5.41) is 8.33. The average molecular weight is 413 g/mol. The Bertz CT molecular complexity index is 1000. The number of nitrogens with one attached hydrogen (secondary N) is 2. The van der Waals surface area contributed by atoms with Gasteiger partial charge in [0.25, 0.3) is 11.8 Å². The molecule has 0 spiro atoms. The van der Waals surface area contributed by atoms with Gasteiger partial charge in [-0.2, -0.15) is 0 Å². The number of carbonyl (C=O) groups is 2. The number of amides is 2. The van der Waals surface area contributed by atoms with Crippen LogP contribution in [0.2, 0.25) is 5.02 Å². The quantitative estimate of drug-likeness (QED) is 0.519. The van der Waals surface area contributed by atoms with Crippen molar-refractivity contribution in [2.75, 3.05) is 10.6 Å². The molecular weight excluding hydrogens is 392 g/mol. The number of hydrogen-bond acceptors (Lipinski definition) is 3. The van der Waals surface area contributed by atoms with Gasteiger partial charge in [-0.25, -0.2) is 0 Å². The summed E-state index contributed by atoms with van der Waals surface area (Å²) in [6, 6.07) is 14.3. The molecule has 0 bridgehead atoms. The van der Waals surface area contributed by atoms with E-state index in [0.29, 0.717) is 21.2 Å². The van der Waals surface area contributed by atoms with Crippen LogP contribution in [0.1, 0.15) is 45.0 Å². The Morgan fingerprint density at radius 3 is 2.46 bits per heavy atom. The van der Waals surface area contributed by atoms with E-state index in [2.05, 4.69) is 10.6 Å². The molecule has 28 heavy (non-hydrogen) atoms. The second-order valence-electron chi connectivity index (χ2n) is 6.23. The fourth-order valence-corrected chi connectivity index (χ4v) is 3.90. The molecule has 3 aromatic rings. The third-order valence-corrected chi connectivity index (χ3v) is 5.67. The van der Waals surface area contributed by atoms with Crippen LogP contribution in [0.15, 0.2) is 53.9 Å². The van der Waals surface area contributed by atoms with E-state index in [1.807, 2.05) is 37.4 Å². The molecule has 0 saturated heterocycles. The summed E-state index contributed by atoms with van der Waals surface area (Å²) >= 11 is 7.69. The molecule has 0 unspecified atom stereocenters. The Kier molecular flexibility index (Phi) is 6.49. The number of anilines is 2. The van der Waals surface area contributed by atoms with Gasteiger partial charge >= 0.3 is 0 Å². The highest BCUT2D eigenvalue weighted by Gasteiger charge is 2.15. The fourth-order valence-electron chi connectivity index (χ4n) is 2.99. The molecule has 1 heterocycles. The van der Waals surface area contributed by atoms with E-state index in [1.165, 1.54) is 11.3 Å². The van der Waals surface area contributed by atoms with Crippen LogP contribution in [0.25, 0.3) is 0 Å². The highest BCUT2D eigenvalue weighted by Crippen LogP contribution is 2.30. The van der Waals surface area contributed by atoms with Crippen LogP contribution in [-0.4, -0.2) is 11.8 Å². The summed E-state index contributed by atoms with van der Waals surface area (Å²) in [7, 11) is 0. The second-order valence-corrected chi connectivity index (χ2v) is 7.59. The molecule has 0 radical (unpaired) electrons. The van der Waals surface area contributed by atoms with E-state index in [-0.39, 0.29) is 11.8 Å². The van der Waals surface area contributed by atoms with E-state index < -0.39 is 0 Å². The molecule has 2 aromatic carbocycles. The number of rotatable bonds is 6. The van der Waals surface area contributed by atoms with Crippen molar-refractivity contribution in [3.63, 3.8) is 0 Å². The maximum absolute atomic E-state index is 12.9. The Labute approximate surface area is 173 Å². The summed E-state index contributed by atoms with van der Waals surface area (Å²) in [6.07, 6.45) is 1.51. The predicted molar refractivity (Wildman–Crippen MR) is 117 cm³/mol. The van der Waals surface area contributed by atoms with Crippen molar-refractivity contribution in [3.05, 3.63) is 80.5 Å². The van der Waals surface area contributed by atoms with Crippen molar-refractivity contribution in [1.29, 1.82) is 0 Å². The topological polar surface area (TPSA) is 58.2 Å². The van der Waals surface area contributed by atoms with Crippen LogP contribution in [-0.2, 0) is 12.8 Å². The van der Waals surface area contributed by atoms with Crippen molar-refractivity contribution >= 4 is 46.1 Å². The zero-order valence-corrected chi connectivity index (χ0v) is 17.3. The third kappa shape index (κ3) is 4.43. The van der Waals surface area contributed by atoms with Crippen LogP contribution in [0.5, 0.6) is 0 Å². The SMILES string of the molecule is CCc1ccc(Cl)c(CC)c1NC(=O)c1cccc(NC(=O)c2cccs2)c1. The molecule has 0 saturated carbocycles. The molecule has 6 heteroatoms. The highest BCUT2D eigenvalue weighted by atomic mass is 35.5. The molecule has 144 valence electrons. The average Bonchev–Trinajstić information content (AvgIpc) is 3.23. The summed E-state index contributed by atoms with van der Waals surface area (Å²) < 4.78 is 0. The van der Waals surface area contributed by atoms with Gasteiger partial charge in [0, 0.05) is 22.0 Å². The lowest BCUT2D eigenvalue weighted by Gasteiger charge is -2.16. The van der Waals surface area contributed by atoms with E-state index in [9.17, 15) is 9.59 Å². The van der Waals surface area contributed by atoms with Gasteiger partial charge in [-0.1, -0.05) is 43.6 Å². The summed E-state index contributed by atoms with van der Waals surface area (Å²) in [5.74, 6) is -0.428. The van der Waals surface area contributed by atoms with Crippen LogP contribution in [0, 0.1) is 0 Å². The predicted octanol–water partition coefficient (Wildman–Crippen LogP) is 6.03. The zero-order valence-electron chi connectivity index (χ0n) is 15.7. The smallest absolute Gasteiger partial charge is 0.265 e. The van der Waals surface area contributed by atoms with Crippen molar-refractivity contribution < 1.29 is 9.59 Å². The normalized spacial score (nSPS) is 10.5. The summed E-state index contributed by atoms with van der Waals surface area (Å²) in [5.41, 5.74) is 3.78. The molecule has 2 N–H and O–H groups in total. The molecule has 2 amide bonds. The van der Waals surface area contributed by atoms with Crippen LogP contribution in [0.3, 0.4) is 0 Å². The molecule has 0 atom stereocenters. The van der Waals surface area contributed by atoms with Crippen molar-refractivity contribution in [1.82, 2.24) is 0 Å². The largest absolute Gasteiger partial charge is 0.321 e. The number of aryl methyl sites for hydroxylation is 1. The van der Waals surface area contributed by atoms with E-state index in [4.69, 9.17) is 11.6 Å². The Morgan fingerprint density at radius 2 is 1.79 bits per heavy atom. The van der Waals surface area contributed by atoms with E-state index in [1.54, 1.807) is 30.3 Å². The van der Waals surface area contributed by atoms with Crippen molar-refractivity contribution in [2.45, 2.75) is 26.7 Å². The monoisotopic (exact) mass is 412 g/mol. The lowest BCUT2D eigenvalue weighted by Crippen LogP contribution is -2.16. The molecule has 1 aromatic heterocycles. The first-order chi connectivity index (χ1) is 13.5. The van der Waals surface area contributed by atoms with Crippen molar-refractivity contribution in [2.24, 2.45) is 0 Å². The molecule has 0 aliphatic rings. The van der Waals surface area contributed by atoms with Crippen LogP contribution < -0.4 is 10.6 Å². The van der Waals surface area contributed by atoms with Gasteiger partial charge in [-0.15, -0.1) is 11.3 Å². The molecule has 3 rings (SSSR count). The number of thiophene rings is 1. The minimum Gasteiger partial charge on any atom is -0.321 e. The molecule has 0 aliphatic heterocycles. The number of carbonyl (C=O) groups excluding carboxylic acids is 2. The molecule has 0 aliphatic carbocycles. The van der Waals surface area contributed by atoms with Gasteiger partial charge in [0.1, 0.15) is 0 Å². The Balaban J connectivity index is 1.82. The van der Waals surface area contributed by atoms with Gasteiger partial charge < -0.3 is 10.6 Å². The maximum atomic E-state index is 12.9. The van der Waals surface area contributed by atoms with E-state index >= 15 is 0 Å². The Morgan fingerprint density at radius 1 is 0.964 bits per heavy atom. The first-order valence-corrected chi connectivity index (χ1v) is 10.4. The molecule has 0 fully saturated rings. The fraction of sp³-hybridized carbons (Fsp3) is 0.182. The minimum atomic E-state index is -0.237. The summed E-state index contributed by atoms with van der Waals surface area (Å²) in [6.45, 7) is 4.05. The lowest BCUT2D eigenvalue weighted by molar-refractivity contribution is 0.101. The van der Waals surface area contributed by atoms with Gasteiger partial charge in [-0.3, -0.25) is 9.59 Å². The van der Waals surface area contributed by atoms with Crippen molar-refractivity contribution in [3.8, 4) is 0 Å². The maximum Gasteiger partial charge on any atom is 0.265 e. The van der Waals surface area contributed by atoms with Gasteiger partial charge in [0.05, 0.1) is 4.88 Å². The summed E-state index contributed by atoms with van der Waals surface area (Å²) in [4.78, 5) is 25.7. The molecular formula is C22H21ClN2O2S. The Hall–Kier alpha value is -2.63. The zero-order chi connectivity index (χ0) is 20.1. The molecule has 4 nitrogen and oxygen atoms in total. The highest BCUT2D eigenvalue weighted by molar-refractivity contribution is 7.12. The lowest BCUT2D eigenvalue weighted by atomic mass is 10.0. The standard InChI is InChI=1S/C22H21ClN2O2S/c1-3-14-10-11-18(23)17(4-2)20(14)25-21(26)15-7-5-8-16(13-15)24-22(27)19-9-6-12-28-19/h5-13H,3-4H2,1-2H3,(H,24,27)(H,25,26). The van der Waals surface area contributed by atoms with E-state index in [0.717, 1.165) is 29.7 Å². The van der Waals surface area contributed by atoms with Crippen LogP contribution >= 0.6 is 22.9 Å². The first kappa shape index (κ1) is 20.1. The first-order valence-electron chi connectivity index (χ1n) is 9.10. The van der Waals surface area contributed by atoms with Crippen LogP contribution in [0.4, 0.5) is 11.4 Å². The number of hydrogen-bond donors (Lipinski definition) is 2. The number of halogens is 1. The third-order valence-electron chi connectivity index (χ3n) is 4.44.